The molecule has 0 aliphatic carbocycles. The van der Waals surface area contributed by atoms with Crippen LogP contribution in [-0.2, 0) is 6.54 Å². The van der Waals surface area contributed by atoms with E-state index in [1.54, 1.807) is 4.68 Å². The Morgan fingerprint density at radius 1 is 1.33 bits per heavy atom. The summed E-state index contributed by atoms with van der Waals surface area (Å²) in [5.41, 5.74) is 2.96. The Kier molecular flexibility index (Phi) is 2.31. The summed E-state index contributed by atoms with van der Waals surface area (Å²) in [5.74, 6) is 0.176. The summed E-state index contributed by atoms with van der Waals surface area (Å²) in [4.78, 5) is 8.33. The van der Waals surface area contributed by atoms with E-state index in [4.69, 9.17) is 5.26 Å². The minimum Gasteiger partial charge on any atom is -0.306 e. The van der Waals surface area contributed by atoms with E-state index in [1.165, 1.54) is 11.9 Å². The molecule has 0 unspecified atom stereocenters. The van der Waals surface area contributed by atoms with Crippen molar-refractivity contribution in [1.82, 2.24) is 24.1 Å². The number of pyridine rings is 1. The summed E-state index contributed by atoms with van der Waals surface area (Å²) in [6.07, 6.45) is 5.51. The van der Waals surface area contributed by atoms with E-state index >= 15 is 0 Å². The average molecular weight is 238 g/mol. The van der Waals surface area contributed by atoms with Crippen molar-refractivity contribution in [1.29, 1.82) is 5.26 Å². The highest BCUT2D eigenvalue weighted by Gasteiger charge is 2.04. The van der Waals surface area contributed by atoms with Crippen molar-refractivity contribution in [3.05, 3.63) is 47.9 Å². The summed E-state index contributed by atoms with van der Waals surface area (Å²) in [7, 11) is 0. The molecule has 0 aromatic carbocycles. The smallest absolute Gasteiger partial charge is 0.252 e. The third-order valence-electron chi connectivity index (χ3n) is 2.61. The molecule has 0 saturated carbocycles. The van der Waals surface area contributed by atoms with Crippen LogP contribution in [-0.4, -0.2) is 24.1 Å². The number of nitrogens with zero attached hydrogens (tertiary/aromatic N) is 6. The molecule has 6 nitrogen and oxygen atoms in total. The first-order chi connectivity index (χ1) is 8.74. The molecule has 6 heteroatoms. The maximum absolute atomic E-state index is 8.65. The van der Waals surface area contributed by atoms with Crippen LogP contribution >= 0.6 is 0 Å². The predicted octanol–water partition coefficient (Wildman–Crippen LogP) is 1.15. The van der Waals surface area contributed by atoms with Gasteiger partial charge in [0, 0.05) is 12.4 Å². The van der Waals surface area contributed by atoms with Crippen LogP contribution in [0.3, 0.4) is 0 Å². The molecule has 0 bridgehead atoms. The van der Waals surface area contributed by atoms with E-state index < -0.39 is 0 Å². The number of nitriles is 1. The Balaban J connectivity index is 1.93. The van der Waals surface area contributed by atoms with Crippen molar-refractivity contribution in [2.75, 3.05) is 0 Å². The highest BCUT2D eigenvalue weighted by molar-refractivity contribution is 5.41. The molecule has 0 atom stereocenters. The largest absolute Gasteiger partial charge is 0.306 e. The number of fused-ring (bicyclic) bond motifs is 1. The molecule has 0 fully saturated rings. The van der Waals surface area contributed by atoms with Crippen molar-refractivity contribution < 1.29 is 0 Å². The first-order valence-electron chi connectivity index (χ1n) is 5.48. The molecule has 0 radical (unpaired) electrons. The number of aromatic nitrogens is 5. The molecule has 3 aromatic rings. The number of hydrogen-bond acceptors (Lipinski definition) is 4. The third-order valence-corrected chi connectivity index (χ3v) is 2.61. The predicted molar refractivity (Wildman–Crippen MR) is 63.8 cm³/mol. The van der Waals surface area contributed by atoms with Gasteiger partial charge in [-0.1, -0.05) is 6.07 Å². The van der Waals surface area contributed by atoms with Crippen LogP contribution in [0, 0.1) is 18.3 Å². The first kappa shape index (κ1) is 10.5. The molecule has 3 aromatic heterocycles. The van der Waals surface area contributed by atoms with Crippen LogP contribution in [0.2, 0.25) is 0 Å². The highest BCUT2D eigenvalue weighted by Crippen LogP contribution is 2.08. The summed E-state index contributed by atoms with van der Waals surface area (Å²) in [6, 6.07) is 5.89. The van der Waals surface area contributed by atoms with Crippen molar-refractivity contribution in [2.24, 2.45) is 0 Å². The van der Waals surface area contributed by atoms with Crippen molar-refractivity contribution >= 4 is 5.65 Å². The lowest BCUT2D eigenvalue weighted by Gasteiger charge is -1.94. The zero-order valence-electron chi connectivity index (χ0n) is 9.78. The lowest BCUT2D eigenvalue weighted by Crippen LogP contribution is -2.00. The number of aryl methyl sites for hydroxylation is 1. The van der Waals surface area contributed by atoms with Gasteiger partial charge in [0.1, 0.15) is 18.0 Å². The van der Waals surface area contributed by atoms with Gasteiger partial charge in [0.2, 0.25) is 0 Å². The fourth-order valence-corrected chi connectivity index (χ4v) is 1.82. The summed E-state index contributed by atoms with van der Waals surface area (Å²) in [5, 5.41) is 12.7. The minimum atomic E-state index is 0.176. The molecule has 0 amide bonds. The monoisotopic (exact) mass is 238 g/mol. The molecule has 18 heavy (non-hydrogen) atoms. The van der Waals surface area contributed by atoms with Gasteiger partial charge in [-0.2, -0.15) is 5.26 Å². The Bertz CT molecular complexity index is 745. The average Bonchev–Trinajstić information content (AvgIpc) is 2.95. The van der Waals surface area contributed by atoms with Gasteiger partial charge in [-0.25, -0.2) is 14.6 Å². The van der Waals surface area contributed by atoms with Crippen molar-refractivity contribution in [3.63, 3.8) is 0 Å². The zero-order chi connectivity index (χ0) is 12.5. The molecule has 0 aliphatic heterocycles. The van der Waals surface area contributed by atoms with Crippen molar-refractivity contribution in [2.45, 2.75) is 13.5 Å². The second-order valence-electron chi connectivity index (χ2n) is 4.08. The summed E-state index contributed by atoms with van der Waals surface area (Å²) >= 11 is 0. The third kappa shape index (κ3) is 1.82. The van der Waals surface area contributed by atoms with Gasteiger partial charge >= 0.3 is 0 Å². The van der Waals surface area contributed by atoms with Gasteiger partial charge in [0.25, 0.3) is 5.82 Å². The van der Waals surface area contributed by atoms with Crippen LogP contribution in [0.5, 0.6) is 0 Å². The van der Waals surface area contributed by atoms with E-state index in [-0.39, 0.29) is 5.82 Å². The van der Waals surface area contributed by atoms with E-state index in [9.17, 15) is 0 Å². The molecule has 0 aliphatic rings. The van der Waals surface area contributed by atoms with Gasteiger partial charge in [-0.15, -0.1) is 5.10 Å². The molecular weight excluding hydrogens is 228 g/mol. The molecule has 3 heterocycles. The maximum atomic E-state index is 8.65. The normalized spacial score (nSPS) is 10.7. The van der Waals surface area contributed by atoms with Crippen LogP contribution < -0.4 is 0 Å². The topological polar surface area (TPSA) is 71.8 Å². The second kappa shape index (κ2) is 3.96. The standard InChI is InChI=1S/C12H10N6/c1-9-2-3-12-15-10(6-17(12)5-9)7-18-8-14-11(4-13)16-18/h2-3,5-6,8H,7H2,1H3. The van der Waals surface area contributed by atoms with Crippen LogP contribution in [0.1, 0.15) is 17.1 Å². The zero-order valence-corrected chi connectivity index (χ0v) is 9.78. The Morgan fingerprint density at radius 3 is 3.00 bits per heavy atom. The Morgan fingerprint density at radius 2 is 2.22 bits per heavy atom. The van der Waals surface area contributed by atoms with Crippen LogP contribution in [0.4, 0.5) is 0 Å². The van der Waals surface area contributed by atoms with E-state index in [0.29, 0.717) is 6.54 Å². The minimum absolute atomic E-state index is 0.176. The Labute approximate surface area is 103 Å². The van der Waals surface area contributed by atoms with Crippen molar-refractivity contribution in [3.8, 4) is 6.07 Å². The molecule has 0 N–H and O–H groups in total. The number of rotatable bonds is 2. The van der Waals surface area contributed by atoms with Gasteiger partial charge in [-0.05, 0) is 18.6 Å². The quantitative estimate of drug-likeness (QED) is 0.671. The summed E-state index contributed by atoms with van der Waals surface area (Å²) < 4.78 is 3.58. The molecular formula is C12H10N6. The second-order valence-corrected chi connectivity index (χ2v) is 4.08. The van der Waals surface area contributed by atoms with Gasteiger partial charge in [0.05, 0.1) is 12.2 Å². The van der Waals surface area contributed by atoms with Gasteiger partial charge < -0.3 is 4.40 Å². The number of imidazole rings is 1. The van der Waals surface area contributed by atoms with E-state index in [2.05, 4.69) is 15.1 Å². The molecule has 0 saturated heterocycles. The lowest BCUT2D eigenvalue weighted by molar-refractivity contribution is 0.671. The van der Waals surface area contributed by atoms with E-state index in [0.717, 1.165) is 11.3 Å². The SMILES string of the molecule is Cc1ccc2nc(Cn3cnc(C#N)n3)cn2c1. The van der Waals surface area contributed by atoms with Crippen LogP contribution in [0.25, 0.3) is 5.65 Å². The van der Waals surface area contributed by atoms with E-state index in [1.807, 2.05) is 41.9 Å². The molecule has 0 spiro atoms. The van der Waals surface area contributed by atoms with Gasteiger partial charge in [0.15, 0.2) is 0 Å². The van der Waals surface area contributed by atoms with Gasteiger partial charge in [-0.3, -0.25) is 0 Å². The fourth-order valence-electron chi connectivity index (χ4n) is 1.82. The summed E-state index contributed by atoms with van der Waals surface area (Å²) in [6.45, 7) is 2.55. The molecule has 88 valence electrons. The van der Waals surface area contributed by atoms with Crippen LogP contribution in [0.15, 0.2) is 30.9 Å². The lowest BCUT2D eigenvalue weighted by atomic mass is 10.3. The maximum Gasteiger partial charge on any atom is 0.252 e. The first-order valence-corrected chi connectivity index (χ1v) is 5.48. The Hall–Kier alpha value is -2.68. The number of hydrogen-bond donors (Lipinski definition) is 0. The highest BCUT2D eigenvalue weighted by atomic mass is 15.3. The fraction of sp³-hybridized carbons (Fsp3) is 0.167. The molecule has 3 rings (SSSR count).